The Morgan fingerprint density at radius 3 is 1.11 bits per heavy atom. The standard InChI is InChI=1S/C84H74N4/c1-83(2,3)59-39-43-73(67(49-59)55-27-9-7-10-28-55)85(61-33-21-31-57(47-61)53-23-13-14-24-53)75-45-41-63-69-51-78-70(52-77(69)87-71-37-19-17-35-65(71)79(75)81(63)87)64-42-46-76(80-66-36-18-20-38-72(66)88(78)82(64)80)86(62-34-22-32-58(48-62)54-25-15-16-26-54)74-44-40-60(84(4,5)6)50-68(74)56-29-11-8-12-30-56/h7-12,17-22,27-54H,13-16,23-26H2,1-6H3. The van der Waals surface area contributed by atoms with Gasteiger partial charge in [0.05, 0.1) is 55.8 Å². The number of hydrogen-bond acceptors (Lipinski definition) is 2. The minimum Gasteiger partial charge on any atom is -0.309 e. The Labute approximate surface area is 516 Å². The topological polar surface area (TPSA) is 15.3 Å². The first-order valence-electron chi connectivity index (χ1n) is 32.5. The summed E-state index contributed by atoms with van der Waals surface area (Å²) in [6.07, 6.45) is 10.2. The van der Waals surface area contributed by atoms with E-state index in [4.69, 9.17) is 0 Å². The summed E-state index contributed by atoms with van der Waals surface area (Å²) < 4.78 is 5.21. The molecule has 0 radical (unpaired) electrons. The molecule has 88 heavy (non-hydrogen) atoms. The highest BCUT2D eigenvalue weighted by molar-refractivity contribution is 6.32. The zero-order valence-corrected chi connectivity index (χ0v) is 51.5. The highest BCUT2D eigenvalue weighted by Gasteiger charge is 2.32. The number of nitrogens with zero attached hydrogens (tertiary/aromatic N) is 4. The van der Waals surface area contributed by atoms with Crippen molar-refractivity contribution in [1.29, 1.82) is 0 Å². The van der Waals surface area contributed by atoms with Gasteiger partial charge in [-0.15, -0.1) is 0 Å². The second kappa shape index (κ2) is 20.1. The lowest BCUT2D eigenvalue weighted by molar-refractivity contribution is 0.590. The molecule has 4 heteroatoms. The first-order chi connectivity index (χ1) is 42.9. The fraction of sp³-hybridized carbons (Fsp3) is 0.214. The van der Waals surface area contributed by atoms with Crippen molar-refractivity contribution in [3.63, 3.8) is 0 Å². The van der Waals surface area contributed by atoms with Gasteiger partial charge in [-0.25, -0.2) is 0 Å². The molecule has 2 fully saturated rings. The molecule has 4 heterocycles. The molecule has 0 aliphatic heterocycles. The predicted molar refractivity (Wildman–Crippen MR) is 376 cm³/mol. The number of benzene rings is 11. The van der Waals surface area contributed by atoms with E-state index in [0.717, 1.165) is 0 Å². The van der Waals surface area contributed by atoms with E-state index in [1.54, 1.807) is 0 Å². The molecular weight excluding hydrogens is 1060 g/mol. The zero-order chi connectivity index (χ0) is 59.2. The van der Waals surface area contributed by atoms with Crippen LogP contribution in [0.4, 0.5) is 34.1 Å². The Morgan fingerprint density at radius 1 is 0.318 bits per heavy atom. The van der Waals surface area contributed by atoms with Crippen molar-refractivity contribution < 1.29 is 0 Å². The zero-order valence-electron chi connectivity index (χ0n) is 51.5. The Bertz CT molecular complexity index is 4860. The van der Waals surface area contributed by atoms with Gasteiger partial charge in [-0.1, -0.05) is 213 Å². The van der Waals surface area contributed by atoms with Gasteiger partial charge >= 0.3 is 0 Å². The third kappa shape index (κ3) is 8.24. The van der Waals surface area contributed by atoms with Crippen LogP contribution in [0.2, 0.25) is 0 Å². The van der Waals surface area contributed by atoms with Crippen molar-refractivity contribution in [2.24, 2.45) is 0 Å². The fourth-order valence-corrected chi connectivity index (χ4v) is 16.1. The molecule has 4 aromatic heterocycles. The maximum Gasteiger partial charge on any atom is 0.0641 e. The van der Waals surface area contributed by atoms with Crippen molar-refractivity contribution in [2.45, 2.75) is 116 Å². The lowest BCUT2D eigenvalue weighted by Gasteiger charge is -2.31. The SMILES string of the molecule is CC(C)(C)c1ccc(N(c2cccc(C3CCCC3)c2)c2ccc3c4cc5c(cc4n4c6ccccc6c2c34)c2ccc(N(c3cccc(C4CCCC4)c3)c3ccc(C(C)(C)C)cc3-c3ccccc3)c3c4ccccc4n5c23)c(-c2ccccc2)c1. The Morgan fingerprint density at radius 2 is 0.705 bits per heavy atom. The van der Waals surface area contributed by atoms with Gasteiger partial charge in [-0.3, -0.25) is 0 Å². The van der Waals surface area contributed by atoms with E-state index in [1.807, 2.05) is 0 Å². The highest BCUT2D eigenvalue weighted by Crippen LogP contribution is 2.54. The quantitative estimate of drug-likeness (QED) is 0.136. The van der Waals surface area contributed by atoms with Gasteiger partial charge in [-0.2, -0.15) is 0 Å². The summed E-state index contributed by atoms with van der Waals surface area (Å²) >= 11 is 0. The fourth-order valence-electron chi connectivity index (χ4n) is 16.1. The molecule has 430 valence electrons. The van der Waals surface area contributed by atoms with E-state index >= 15 is 0 Å². The van der Waals surface area contributed by atoms with Gasteiger partial charge in [0.25, 0.3) is 0 Å². The minimum absolute atomic E-state index is 0.0310. The number of hydrogen-bond donors (Lipinski definition) is 0. The molecule has 15 aromatic rings. The molecule has 0 atom stereocenters. The lowest BCUT2D eigenvalue weighted by Crippen LogP contribution is -2.15. The first-order valence-corrected chi connectivity index (χ1v) is 32.5. The average Bonchev–Trinajstić information content (AvgIpc) is 1.53. The summed E-state index contributed by atoms with van der Waals surface area (Å²) in [5, 5.41) is 10.1. The molecule has 0 saturated heterocycles. The van der Waals surface area contributed by atoms with Crippen LogP contribution in [-0.4, -0.2) is 8.80 Å². The third-order valence-corrected chi connectivity index (χ3v) is 20.5. The van der Waals surface area contributed by atoms with E-state index < -0.39 is 0 Å². The molecule has 0 unspecified atom stereocenters. The molecule has 0 spiro atoms. The van der Waals surface area contributed by atoms with E-state index in [9.17, 15) is 0 Å². The van der Waals surface area contributed by atoms with E-state index in [-0.39, 0.29) is 10.8 Å². The van der Waals surface area contributed by atoms with Crippen LogP contribution in [0.1, 0.15) is 127 Å². The molecule has 2 aliphatic rings. The van der Waals surface area contributed by atoms with Crippen LogP contribution in [0.3, 0.4) is 0 Å². The number of aromatic nitrogens is 2. The van der Waals surface area contributed by atoms with Crippen molar-refractivity contribution in [1.82, 2.24) is 8.80 Å². The summed E-state index contributed by atoms with van der Waals surface area (Å²) in [6, 6.07) is 89.0. The number of fused-ring (bicyclic) bond motifs is 12. The monoisotopic (exact) mass is 1140 g/mol. The molecule has 0 bridgehead atoms. The van der Waals surface area contributed by atoms with Gasteiger partial charge in [0.15, 0.2) is 0 Å². The Hall–Kier alpha value is -9.38. The first kappa shape index (κ1) is 52.9. The molecule has 11 aromatic carbocycles. The number of para-hydroxylation sites is 2. The van der Waals surface area contributed by atoms with Gasteiger partial charge in [0, 0.05) is 65.6 Å². The normalized spacial score (nSPS) is 14.7. The van der Waals surface area contributed by atoms with Crippen LogP contribution in [0.25, 0.3) is 98.4 Å². The predicted octanol–water partition coefficient (Wildman–Crippen LogP) is 24.2. The van der Waals surface area contributed by atoms with Gasteiger partial charge in [0.2, 0.25) is 0 Å². The summed E-state index contributed by atoms with van der Waals surface area (Å²) in [5.74, 6) is 1.15. The molecular formula is C84H74N4. The minimum atomic E-state index is -0.0310. The maximum absolute atomic E-state index is 2.61. The van der Waals surface area contributed by atoms with Crippen LogP contribution in [0.15, 0.2) is 231 Å². The molecule has 0 N–H and O–H groups in total. The van der Waals surface area contributed by atoms with Crippen molar-refractivity contribution in [3.05, 3.63) is 253 Å². The summed E-state index contributed by atoms with van der Waals surface area (Å²) in [6.45, 7) is 14.0. The number of rotatable bonds is 10. The number of anilines is 6. The van der Waals surface area contributed by atoms with Gasteiger partial charge < -0.3 is 18.6 Å². The lowest BCUT2D eigenvalue weighted by atomic mass is 9.84. The van der Waals surface area contributed by atoms with E-state index in [2.05, 4.69) is 291 Å². The van der Waals surface area contributed by atoms with E-state index in [0.29, 0.717) is 11.8 Å². The van der Waals surface area contributed by atoms with Crippen LogP contribution in [0.5, 0.6) is 0 Å². The Balaban J connectivity index is 0.924. The van der Waals surface area contributed by atoms with Crippen LogP contribution in [0, 0.1) is 0 Å². The summed E-state index contributed by atoms with van der Waals surface area (Å²) in [7, 11) is 0. The second-order valence-corrected chi connectivity index (χ2v) is 27.8. The van der Waals surface area contributed by atoms with Crippen LogP contribution in [-0.2, 0) is 10.8 Å². The van der Waals surface area contributed by atoms with Gasteiger partial charge in [0.1, 0.15) is 0 Å². The highest BCUT2D eigenvalue weighted by atomic mass is 15.2. The third-order valence-electron chi connectivity index (χ3n) is 20.5. The van der Waals surface area contributed by atoms with E-state index in [1.165, 1.54) is 206 Å². The Kier molecular flexibility index (Phi) is 12.1. The largest absolute Gasteiger partial charge is 0.309 e. The summed E-state index contributed by atoms with van der Waals surface area (Å²) in [4.78, 5) is 5.22. The van der Waals surface area contributed by atoms with Crippen LogP contribution >= 0.6 is 0 Å². The van der Waals surface area contributed by atoms with Crippen molar-refractivity contribution in [2.75, 3.05) is 9.80 Å². The molecule has 0 amide bonds. The van der Waals surface area contributed by atoms with Gasteiger partial charge in [-0.05, 0) is 167 Å². The molecule has 2 aliphatic carbocycles. The maximum atomic E-state index is 2.61. The molecule has 4 nitrogen and oxygen atoms in total. The molecule has 2 saturated carbocycles. The average molecular weight is 1140 g/mol. The summed E-state index contributed by atoms with van der Waals surface area (Å²) in [5.41, 5.74) is 25.0. The van der Waals surface area contributed by atoms with Crippen LogP contribution < -0.4 is 9.80 Å². The van der Waals surface area contributed by atoms with Crippen molar-refractivity contribution in [3.8, 4) is 22.3 Å². The molecule has 17 rings (SSSR count). The smallest absolute Gasteiger partial charge is 0.0641 e. The second-order valence-electron chi connectivity index (χ2n) is 27.8. The van der Waals surface area contributed by atoms with Crippen molar-refractivity contribution >= 4 is 110 Å².